The van der Waals surface area contributed by atoms with Crippen molar-refractivity contribution in [3.05, 3.63) is 65.5 Å². The molecule has 10 heteroatoms. The summed E-state index contributed by atoms with van der Waals surface area (Å²) in [4.78, 5) is 28.6. The summed E-state index contributed by atoms with van der Waals surface area (Å²) in [5, 5.41) is 3.09. The first-order valence-corrected chi connectivity index (χ1v) is 14.0. The van der Waals surface area contributed by atoms with Crippen LogP contribution in [0.1, 0.15) is 50.2 Å². The Morgan fingerprint density at radius 1 is 1.08 bits per heavy atom. The first-order chi connectivity index (χ1) is 17.5. The molecule has 1 atom stereocenters. The molecule has 2 amide bonds. The van der Waals surface area contributed by atoms with E-state index in [4.69, 9.17) is 0 Å². The summed E-state index contributed by atoms with van der Waals surface area (Å²) in [6.45, 7) is 3.39. The first kappa shape index (κ1) is 28.6. The van der Waals surface area contributed by atoms with Crippen molar-refractivity contribution >= 4 is 27.7 Å². The van der Waals surface area contributed by atoms with Crippen LogP contribution in [-0.4, -0.2) is 62.2 Å². The second-order valence-corrected chi connectivity index (χ2v) is 11.8. The van der Waals surface area contributed by atoms with E-state index in [2.05, 4.69) is 5.32 Å². The zero-order chi connectivity index (χ0) is 27.2. The number of halogens is 1. The maximum Gasteiger partial charge on any atom is 0.304 e. The minimum atomic E-state index is -4.09. The van der Waals surface area contributed by atoms with Gasteiger partial charge < -0.3 is 10.2 Å². The van der Waals surface area contributed by atoms with Crippen molar-refractivity contribution < 1.29 is 22.4 Å². The number of rotatable bonds is 11. The summed E-state index contributed by atoms with van der Waals surface area (Å²) in [6, 6.07) is 11.9. The number of aryl methyl sites for hydroxylation is 1. The van der Waals surface area contributed by atoms with Crippen LogP contribution in [0.5, 0.6) is 0 Å². The third kappa shape index (κ3) is 7.29. The summed E-state index contributed by atoms with van der Waals surface area (Å²) >= 11 is 0. The third-order valence-electron chi connectivity index (χ3n) is 6.66. The lowest BCUT2D eigenvalue weighted by Gasteiger charge is -2.34. The van der Waals surface area contributed by atoms with Gasteiger partial charge in [0.25, 0.3) is 0 Å². The highest BCUT2D eigenvalue weighted by Gasteiger charge is 2.34. The number of carbonyl (C=O) groups excluding carboxylic acids is 2. The van der Waals surface area contributed by atoms with Crippen LogP contribution in [0.4, 0.5) is 10.1 Å². The largest absolute Gasteiger partial charge is 0.352 e. The molecule has 1 N–H and O–H groups in total. The van der Waals surface area contributed by atoms with Gasteiger partial charge in [-0.15, -0.1) is 0 Å². The Morgan fingerprint density at radius 3 is 2.30 bits per heavy atom. The lowest BCUT2D eigenvalue weighted by Crippen LogP contribution is -2.54. The molecule has 1 aliphatic carbocycles. The van der Waals surface area contributed by atoms with Crippen LogP contribution in [0.15, 0.2) is 48.5 Å². The Labute approximate surface area is 219 Å². The maximum absolute atomic E-state index is 13.8. The van der Waals surface area contributed by atoms with E-state index in [0.29, 0.717) is 6.42 Å². The van der Waals surface area contributed by atoms with E-state index < -0.39 is 34.5 Å². The van der Waals surface area contributed by atoms with Gasteiger partial charge in [0.2, 0.25) is 11.8 Å². The Hall–Kier alpha value is -2.98. The van der Waals surface area contributed by atoms with Gasteiger partial charge in [0.1, 0.15) is 18.4 Å². The van der Waals surface area contributed by atoms with Gasteiger partial charge in [-0.05, 0) is 56.0 Å². The molecule has 2 aromatic rings. The molecule has 1 aliphatic rings. The van der Waals surface area contributed by atoms with E-state index in [1.807, 2.05) is 38.1 Å². The lowest BCUT2D eigenvalue weighted by atomic mass is 10.1. The van der Waals surface area contributed by atoms with Crippen LogP contribution in [0.25, 0.3) is 0 Å². The van der Waals surface area contributed by atoms with Gasteiger partial charge in [0, 0.05) is 26.7 Å². The van der Waals surface area contributed by atoms with E-state index >= 15 is 0 Å². The zero-order valence-corrected chi connectivity index (χ0v) is 22.8. The maximum atomic E-state index is 13.8. The third-order valence-corrected chi connectivity index (χ3v) is 8.48. The molecule has 37 heavy (non-hydrogen) atoms. The molecule has 0 heterocycles. The molecule has 1 saturated carbocycles. The topological polar surface area (TPSA) is 90.0 Å². The first-order valence-electron chi connectivity index (χ1n) is 12.6. The Morgan fingerprint density at radius 2 is 1.73 bits per heavy atom. The average molecular weight is 533 g/mol. The van der Waals surface area contributed by atoms with Gasteiger partial charge in [-0.3, -0.25) is 9.59 Å². The second-order valence-electron chi connectivity index (χ2n) is 9.70. The van der Waals surface area contributed by atoms with Gasteiger partial charge in [-0.2, -0.15) is 12.7 Å². The second kappa shape index (κ2) is 12.5. The molecule has 0 spiro atoms. The normalized spacial score (nSPS) is 15.0. The monoisotopic (exact) mass is 532 g/mol. The van der Waals surface area contributed by atoms with Crippen molar-refractivity contribution in [2.24, 2.45) is 0 Å². The molecule has 0 bridgehead atoms. The van der Waals surface area contributed by atoms with Crippen LogP contribution in [0, 0.1) is 12.7 Å². The van der Waals surface area contributed by atoms with E-state index in [9.17, 15) is 22.4 Å². The van der Waals surface area contributed by atoms with Crippen molar-refractivity contribution in [2.45, 2.75) is 64.6 Å². The number of carbonyl (C=O) groups is 2. The minimum Gasteiger partial charge on any atom is -0.352 e. The van der Waals surface area contributed by atoms with Crippen molar-refractivity contribution in [3.8, 4) is 0 Å². The fourth-order valence-electron chi connectivity index (χ4n) is 4.62. The molecule has 1 fully saturated rings. The van der Waals surface area contributed by atoms with Crippen molar-refractivity contribution in [1.29, 1.82) is 0 Å². The highest BCUT2D eigenvalue weighted by molar-refractivity contribution is 7.90. The molecular formula is C27H37FN4O4S. The Balaban J connectivity index is 1.96. The summed E-state index contributed by atoms with van der Waals surface area (Å²) in [5.74, 6) is -1.28. The molecule has 8 nitrogen and oxygen atoms in total. The molecule has 202 valence electrons. The number of nitrogens with zero attached hydrogens (tertiary/aromatic N) is 3. The number of amides is 2. The molecule has 0 radical (unpaired) electrons. The fourth-order valence-corrected chi connectivity index (χ4v) is 5.67. The van der Waals surface area contributed by atoms with Gasteiger partial charge in [0.15, 0.2) is 0 Å². The molecule has 0 unspecified atom stereocenters. The van der Waals surface area contributed by atoms with E-state index in [1.54, 1.807) is 0 Å². The molecule has 3 rings (SSSR count). The van der Waals surface area contributed by atoms with Crippen molar-refractivity contribution in [3.63, 3.8) is 0 Å². The zero-order valence-electron chi connectivity index (χ0n) is 22.0. The number of hydrogen-bond donors (Lipinski definition) is 1. The molecule has 0 saturated heterocycles. The van der Waals surface area contributed by atoms with Crippen LogP contribution in [0.3, 0.4) is 0 Å². The van der Waals surface area contributed by atoms with Crippen molar-refractivity contribution in [1.82, 2.24) is 14.5 Å². The van der Waals surface area contributed by atoms with Crippen LogP contribution < -0.4 is 9.62 Å². The Bertz CT molecular complexity index is 1180. The van der Waals surface area contributed by atoms with Crippen molar-refractivity contribution in [2.75, 3.05) is 24.9 Å². The predicted molar refractivity (Wildman–Crippen MR) is 143 cm³/mol. The number of hydrogen-bond acceptors (Lipinski definition) is 4. The van der Waals surface area contributed by atoms with Gasteiger partial charge >= 0.3 is 10.2 Å². The lowest BCUT2D eigenvalue weighted by molar-refractivity contribution is -0.140. The number of nitrogens with one attached hydrogen (secondary N) is 1. The minimum absolute atomic E-state index is 0.0855. The Kier molecular flexibility index (Phi) is 9.67. The average Bonchev–Trinajstić information content (AvgIpc) is 3.35. The summed E-state index contributed by atoms with van der Waals surface area (Å²) in [6.07, 6.45) is 4.30. The highest BCUT2D eigenvalue weighted by atomic mass is 32.2. The van der Waals surface area contributed by atoms with E-state index in [1.165, 1.54) is 31.1 Å². The molecular weight excluding hydrogens is 495 g/mol. The molecule has 0 aromatic heterocycles. The summed E-state index contributed by atoms with van der Waals surface area (Å²) in [7, 11) is -1.36. The number of anilines is 1. The van der Waals surface area contributed by atoms with E-state index in [-0.39, 0.29) is 24.2 Å². The quantitative estimate of drug-likeness (QED) is 0.479. The van der Waals surface area contributed by atoms with Gasteiger partial charge in [0.05, 0.1) is 5.69 Å². The summed E-state index contributed by atoms with van der Waals surface area (Å²) in [5.41, 5.74) is 2.00. The van der Waals surface area contributed by atoms with Gasteiger partial charge in [-0.1, -0.05) is 49.6 Å². The molecule has 0 aliphatic heterocycles. The highest BCUT2D eigenvalue weighted by Crippen LogP contribution is 2.23. The predicted octanol–water partition coefficient (Wildman–Crippen LogP) is 3.61. The summed E-state index contributed by atoms with van der Waals surface area (Å²) < 4.78 is 41.9. The molecule has 2 aromatic carbocycles. The van der Waals surface area contributed by atoms with Crippen LogP contribution in [-0.2, 0) is 26.3 Å². The van der Waals surface area contributed by atoms with Gasteiger partial charge in [-0.25, -0.2) is 8.70 Å². The van der Waals surface area contributed by atoms with Crippen LogP contribution >= 0.6 is 0 Å². The van der Waals surface area contributed by atoms with E-state index in [0.717, 1.165) is 57.6 Å². The smallest absolute Gasteiger partial charge is 0.304 e. The van der Waals surface area contributed by atoms with Crippen LogP contribution in [0.2, 0.25) is 0 Å². The fraction of sp³-hybridized carbons (Fsp3) is 0.481. The SMILES string of the molecule is CC[C@@H](C(=O)NC1CCCC1)N(Cc1cccc(C)c1)C(=O)CN(c1ccc(F)cc1)S(=O)(=O)N(C)C. The standard InChI is InChI=1S/C27H37FN4O4S/c1-5-25(27(34)29-23-11-6-7-12-23)31(18-21-10-8-9-20(2)17-21)26(33)19-32(37(35,36)30(3)4)24-15-13-22(28)14-16-24/h8-10,13-17,23,25H,5-7,11-12,18-19H2,1-4H3,(H,29,34)/t25-/m0/s1. The number of benzene rings is 2.